The number of rotatable bonds is 8. The molecule has 0 atom stereocenters. The molecule has 0 saturated heterocycles. The Kier molecular flexibility index (Phi) is 5.79. The summed E-state index contributed by atoms with van der Waals surface area (Å²) >= 11 is 0. The minimum atomic E-state index is 0.107. The summed E-state index contributed by atoms with van der Waals surface area (Å²) in [6, 6.07) is 0.224. The Labute approximate surface area is 101 Å². The monoisotopic (exact) mass is 240 g/mol. The van der Waals surface area contributed by atoms with Gasteiger partial charge in [0.2, 0.25) is 0 Å². The molecule has 1 heterocycles. The second kappa shape index (κ2) is 7.13. The highest BCUT2D eigenvalue weighted by molar-refractivity contribution is 5.82. The average molecular weight is 240 g/mol. The molecular formula is C11H20N4O2. The van der Waals surface area contributed by atoms with Crippen molar-refractivity contribution in [2.75, 3.05) is 26.8 Å². The van der Waals surface area contributed by atoms with Crippen molar-refractivity contribution in [1.29, 1.82) is 0 Å². The first-order valence-corrected chi connectivity index (χ1v) is 5.75. The van der Waals surface area contributed by atoms with Crippen LogP contribution in [0.2, 0.25) is 0 Å². The highest BCUT2D eigenvalue weighted by Gasteiger charge is 2.11. The van der Waals surface area contributed by atoms with E-state index in [1.165, 1.54) is 6.33 Å². The molecule has 0 aliphatic carbocycles. The predicted molar refractivity (Wildman–Crippen MR) is 63.9 cm³/mol. The van der Waals surface area contributed by atoms with E-state index in [1.54, 1.807) is 11.8 Å². The van der Waals surface area contributed by atoms with Crippen LogP contribution in [0.25, 0.3) is 0 Å². The lowest BCUT2D eigenvalue weighted by molar-refractivity contribution is -0.117. The van der Waals surface area contributed by atoms with Gasteiger partial charge in [-0.1, -0.05) is 0 Å². The summed E-state index contributed by atoms with van der Waals surface area (Å²) in [5.41, 5.74) is 0. The summed E-state index contributed by atoms with van der Waals surface area (Å²) in [4.78, 5) is 15.8. The lowest BCUT2D eigenvalue weighted by Crippen LogP contribution is -2.28. The van der Waals surface area contributed by atoms with Crippen molar-refractivity contribution in [3.8, 4) is 0 Å². The number of ketones is 1. The number of aromatic nitrogens is 3. The summed E-state index contributed by atoms with van der Waals surface area (Å²) in [7, 11) is 1.63. The molecule has 6 heteroatoms. The van der Waals surface area contributed by atoms with Crippen LogP contribution in [-0.2, 0) is 16.0 Å². The summed E-state index contributed by atoms with van der Waals surface area (Å²) < 4.78 is 6.65. The van der Waals surface area contributed by atoms with Crippen molar-refractivity contribution in [2.24, 2.45) is 0 Å². The number of nitrogens with zero attached hydrogens (tertiary/aromatic N) is 3. The molecule has 0 radical (unpaired) electrons. The van der Waals surface area contributed by atoms with E-state index in [0.29, 0.717) is 26.1 Å². The first-order chi connectivity index (χ1) is 8.15. The van der Waals surface area contributed by atoms with Gasteiger partial charge in [0, 0.05) is 19.7 Å². The molecule has 0 fully saturated rings. The van der Waals surface area contributed by atoms with Crippen LogP contribution >= 0.6 is 0 Å². The SMILES string of the molecule is COCCNCC(=O)Cc1ncnn1C(C)C. The van der Waals surface area contributed by atoms with Crippen molar-refractivity contribution in [3.63, 3.8) is 0 Å². The summed E-state index contributed by atoms with van der Waals surface area (Å²) in [6.07, 6.45) is 1.80. The van der Waals surface area contributed by atoms with E-state index in [-0.39, 0.29) is 11.8 Å². The molecule has 1 aromatic rings. The fourth-order valence-corrected chi connectivity index (χ4v) is 1.47. The van der Waals surface area contributed by atoms with Crippen LogP contribution in [0, 0.1) is 0 Å². The Morgan fingerprint density at radius 1 is 1.59 bits per heavy atom. The van der Waals surface area contributed by atoms with Crippen molar-refractivity contribution in [3.05, 3.63) is 12.2 Å². The van der Waals surface area contributed by atoms with Crippen LogP contribution in [0.4, 0.5) is 0 Å². The molecule has 96 valence electrons. The molecule has 1 rings (SSSR count). The Bertz CT molecular complexity index is 349. The van der Waals surface area contributed by atoms with Gasteiger partial charge in [0.05, 0.1) is 19.6 Å². The van der Waals surface area contributed by atoms with Gasteiger partial charge >= 0.3 is 0 Å². The van der Waals surface area contributed by atoms with Gasteiger partial charge in [0.25, 0.3) is 0 Å². The summed E-state index contributed by atoms with van der Waals surface area (Å²) in [6.45, 7) is 5.65. The number of ether oxygens (including phenoxy) is 1. The van der Waals surface area contributed by atoms with E-state index in [4.69, 9.17) is 4.74 Å². The summed E-state index contributed by atoms with van der Waals surface area (Å²) in [5.74, 6) is 0.828. The van der Waals surface area contributed by atoms with E-state index < -0.39 is 0 Å². The maximum atomic E-state index is 11.7. The third-order valence-electron chi connectivity index (χ3n) is 2.30. The molecule has 0 aliphatic rings. The van der Waals surface area contributed by atoms with Crippen molar-refractivity contribution < 1.29 is 9.53 Å². The number of Topliss-reactive ketones (excluding diaryl/α,β-unsaturated/α-hetero) is 1. The minimum Gasteiger partial charge on any atom is -0.383 e. The van der Waals surface area contributed by atoms with Crippen molar-refractivity contribution >= 4 is 5.78 Å². The highest BCUT2D eigenvalue weighted by atomic mass is 16.5. The van der Waals surface area contributed by atoms with Crippen LogP contribution in [0.15, 0.2) is 6.33 Å². The largest absolute Gasteiger partial charge is 0.383 e. The van der Waals surface area contributed by atoms with E-state index in [0.717, 1.165) is 5.82 Å². The Balaban J connectivity index is 2.37. The van der Waals surface area contributed by atoms with Gasteiger partial charge in [-0.3, -0.25) is 4.79 Å². The maximum Gasteiger partial charge on any atom is 0.154 e. The van der Waals surface area contributed by atoms with Gasteiger partial charge in [0.15, 0.2) is 5.78 Å². The van der Waals surface area contributed by atoms with Crippen molar-refractivity contribution in [2.45, 2.75) is 26.3 Å². The van der Waals surface area contributed by atoms with Crippen LogP contribution in [0.5, 0.6) is 0 Å². The molecular weight excluding hydrogens is 220 g/mol. The lowest BCUT2D eigenvalue weighted by atomic mass is 10.2. The van der Waals surface area contributed by atoms with Gasteiger partial charge < -0.3 is 10.1 Å². The maximum absolute atomic E-state index is 11.7. The fourth-order valence-electron chi connectivity index (χ4n) is 1.47. The van der Waals surface area contributed by atoms with Crippen LogP contribution in [-0.4, -0.2) is 47.4 Å². The number of hydrogen-bond donors (Lipinski definition) is 1. The molecule has 0 aromatic carbocycles. The topological polar surface area (TPSA) is 69.0 Å². The zero-order valence-corrected chi connectivity index (χ0v) is 10.6. The van der Waals surface area contributed by atoms with E-state index in [9.17, 15) is 4.79 Å². The number of carbonyl (C=O) groups is 1. The number of methoxy groups -OCH3 is 1. The molecule has 0 bridgehead atoms. The van der Waals surface area contributed by atoms with E-state index >= 15 is 0 Å². The fraction of sp³-hybridized carbons (Fsp3) is 0.727. The predicted octanol–water partition coefficient (Wildman–Crippen LogP) is 0.207. The Hall–Kier alpha value is -1.27. The molecule has 0 amide bonds. The lowest BCUT2D eigenvalue weighted by Gasteiger charge is -2.09. The molecule has 17 heavy (non-hydrogen) atoms. The Morgan fingerprint density at radius 3 is 3.00 bits per heavy atom. The average Bonchev–Trinajstić information content (AvgIpc) is 2.72. The van der Waals surface area contributed by atoms with Gasteiger partial charge in [-0.2, -0.15) is 5.10 Å². The second-order valence-electron chi connectivity index (χ2n) is 4.10. The third kappa shape index (κ3) is 4.62. The van der Waals surface area contributed by atoms with Crippen molar-refractivity contribution in [1.82, 2.24) is 20.1 Å². The summed E-state index contributed by atoms with van der Waals surface area (Å²) in [5, 5.41) is 7.11. The highest BCUT2D eigenvalue weighted by Crippen LogP contribution is 2.05. The smallest absolute Gasteiger partial charge is 0.154 e. The molecule has 0 spiro atoms. The van der Waals surface area contributed by atoms with Crippen LogP contribution < -0.4 is 5.32 Å². The second-order valence-corrected chi connectivity index (χ2v) is 4.10. The molecule has 1 aromatic heterocycles. The zero-order chi connectivity index (χ0) is 12.7. The number of hydrogen-bond acceptors (Lipinski definition) is 5. The quantitative estimate of drug-likeness (QED) is 0.658. The Morgan fingerprint density at radius 2 is 2.35 bits per heavy atom. The molecule has 6 nitrogen and oxygen atoms in total. The molecule has 0 aliphatic heterocycles. The molecule has 1 N–H and O–H groups in total. The first kappa shape index (κ1) is 13.8. The van der Waals surface area contributed by atoms with Gasteiger partial charge in [-0.15, -0.1) is 0 Å². The van der Waals surface area contributed by atoms with Crippen LogP contribution in [0.3, 0.4) is 0 Å². The van der Waals surface area contributed by atoms with Crippen LogP contribution in [0.1, 0.15) is 25.7 Å². The normalized spacial score (nSPS) is 11.1. The zero-order valence-electron chi connectivity index (χ0n) is 10.6. The van der Waals surface area contributed by atoms with Gasteiger partial charge in [0.1, 0.15) is 12.2 Å². The van der Waals surface area contributed by atoms with E-state index in [1.807, 2.05) is 13.8 Å². The first-order valence-electron chi connectivity index (χ1n) is 5.75. The van der Waals surface area contributed by atoms with Gasteiger partial charge in [-0.05, 0) is 13.8 Å². The molecule has 0 unspecified atom stereocenters. The standard InChI is InChI=1S/C11H20N4O2/c1-9(2)15-11(13-8-14-15)6-10(16)7-12-4-5-17-3/h8-9,12H,4-7H2,1-3H3. The number of nitrogens with one attached hydrogen (secondary N) is 1. The number of carbonyl (C=O) groups excluding carboxylic acids is 1. The van der Waals surface area contributed by atoms with E-state index in [2.05, 4.69) is 15.4 Å². The molecule has 0 saturated carbocycles. The third-order valence-corrected chi connectivity index (χ3v) is 2.30. The van der Waals surface area contributed by atoms with Gasteiger partial charge in [-0.25, -0.2) is 9.67 Å². The minimum absolute atomic E-state index is 0.107.